The zero-order valence-corrected chi connectivity index (χ0v) is 8.14. The number of hydrogen-bond acceptors (Lipinski definition) is 3. The second kappa shape index (κ2) is 4.50. The van der Waals surface area contributed by atoms with Gasteiger partial charge in [-0.2, -0.15) is 0 Å². The molecule has 0 fully saturated rings. The molecular formula is C9H13NOS. The normalized spacial score (nSPS) is 10.7. The van der Waals surface area contributed by atoms with Gasteiger partial charge in [0.15, 0.2) is 0 Å². The Hall–Kier alpha value is -0.510. The van der Waals surface area contributed by atoms with Crippen LogP contribution in [0.15, 0.2) is 29.2 Å². The third-order valence-corrected chi connectivity index (χ3v) is 2.01. The summed E-state index contributed by atoms with van der Waals surface area (Å²) in [6.07, 6.45) is 0. The first kappa shape index (κ1) is 9.58. The van der Waals surface area contributed by atoms with E-state index < -0.39 is 0 Å². The van der Waals surface area contributed by atoms with E-state index in [1.165, 1.54) is 5.56 Å². The van der Waals surface area contributed by atoms with Gasteiger partial charge in [0.1, 0.15) is 0 Å². The van der Waals surface area contributed by atoms with Crippen LogP contribution in [0.3, 0.4) is 0 Å². The molecule has 2 nitrogen and oxygen atoms in total. The third kappa shape index (κ3) is 2.85. The molecule has 3 heteroatoms. The topological polar surface area (TPSA) is 23.5 Å². The average molecular weight is 183 g/mol. The molecule has 0 amide bonds. The van der Waals surface area contributed by atoms with Crippen LogP contribution < -0.4 is 0 Å². The largest absolute Gasteiger partial charge is 0.325 e. The van der Waals surface area contributed by atoms with Crippen molar-refractivity contribution in [1.82, 2.24) is 4.90 Å². The van der Waals surface area contributed by atoms with Gasteiger partial charge < -0.3 is 9.45 Å². The highest BCUT2D eigenvalue weighted by atomic mass is 32.2. The quantitative estimate of drug-likeness (QED) is 0.727. The van der Waals surface area contributed by atoms with Crippen LogP contribution >= 0.6 is 12.0 Å². The third-order valence-electron chi connectivity index (χ3n) is 1.53. The van der Waals surface area contributed by atoms with Crippen molar-refractivity contribution in [1.29, 1.82) is 0 Å². The minimum absolute atomic E-state index is 0.783. The van der Waals surface area contributed by atoms with Gasteiger partial charge in [0.2, 0.25) is 0 Å². The van der Waals surface area contributed by atoms with Gasteiger partial charge in [-0.15, -0.1) is 0 Å². The van der Waals surface area contributed by atoms with E-state index in [9.17, 15) is 0 Å². The van der Waals surface area contributed by atoms with Crippen LogP contribution in [0.2, 0.25) is 0 Å². The molecule has 0 radical (unpaired) electrons. The SMILES string of the molecule is CN(C)Cc1ccc(SO)cc1. The molecule has 0 unspecified atom stereocenters. The molecule has 0 saturated carbocycles. The Morgan fingerprint density at radius 1 is 1.25 bits per heavy atom. The zero-order valence-electron chi connectivity index (χ0n) is 7.32. The highest BCUT2D eigenvalue weighted by molar-refractivity contribution is 7.93. The Bertz CT molecular complexity index is 233. The monoisotopic (exact) mass is 183 g/mol. The van der Waals surface area contributed by atoms with Crippen molar-refractivity contribution in [3.05, 3.63) is 29.8 Å². The lowest BCUT2D eigenvalue weighted by Crippen LogP contribution is -2.10. The molecule has 0 saturated heterocycles. The maximum absolute atomic E-state index is 8.72. The van der Waals surface area contributed by atoms with Crippen molar-refractivity contribution < 1.29 is 4.55 Å². The fourth-order valence-corrected chi connectivity index (χ4v) is 1.28. The first-order valence-corrected chi connectivity index (χ1v) is 4.55. The number of benzene rings is 1. The van der Waals surface area contributed by atoms with Gasteiger partial charge in [-0.1, -0.05) is 12.1 Å². The molecule has 0 bridgehead atoms. The Balaban J connectivity index is 2.65. The van der Waals surface area contributed by atoms with E-state index in [2.05, 4.69) is 4.90 Å². The van der Waals surface area contributed by atoms with Crippen molar-refractivity contribution in [2.45, 2.75) is 11.4 Å². The van der Waals surface area contributed by atoms with Crippen LogP contribution in [0.1, 0.15) is 5.56 Å². The second-order valence-electron chi connectivity index (χ2n) is 2.97. The fraction of sp³-hybridized carbons (Fsp3) is 0.333. The van der Waals surface area contributed by atoms with Crippen LogP contribution in [0.5, 0.6) is 0 Å². The Kier molecular flexibility index (Phi) is 3.59. The summed E-state index contributed by atoms with van der Waals surface area (Å²) in [5.41, 5.74) is 1.26. The second-order valence-corrected chi connectivity index (χ2v) is 3.63. The molecule has 12 heavy (non-hydrogen) atoms. The van der Waals surface area contributed by atoms with Gasteiger partial charge >= 0.3 is 0 Å². The van der Waals surface area contributed by atoms with E-state index in [0.717, 1.165) is 23.5 Å². The summed E-state index contributed by atoms with van der Waals surface area (Å²) in [7, 11) is 4.07. The molecule has 0 heterocycles. The van der Waals surface area contributed by atoms with Crippen molar-refractivity contribution in [2.24, 2.45) is 0 Å². The summed E-state index contributed by atoms with van der Waals surface area (Å²) in [5, 5.41) is 0. The number of nitrogens with zero attached hydrogens (tertiary/aromatic N) is 1. The van der Waals surface area contributed by atoms with Crippen LogP contribution in [0.4, 0.5) is 0 Å². The molecule has 0 aromatic heterocycles. The molecule has 0 aliphatic rings. The highest BCUT2D eigenvalue weighted by Crippen LogP contribution is 2.14. The molecule has 0 spiro atoms. The van der Waals surface area contributed by atoms with Gasteiger partial charge in [-0.25, -0.2) is 0 Å². The molecule has 0 aliphatic carbocycles. The predicted octanol–water partition coefficient (Wildman–Crippen LogP) is 2.31. The molecule has 1 N–H and O–H groups in total. The lowest BCUT2D eigenvalue weighted by molar-refractivity contribution is 0.402. The number of hydrogen-bond donors (Lipinski definition) is 1. The summed E-state index contributed by atoms with van der Waals surface area (Å²) >= 11 is 0.783. The molecule has 66 valence electrons. The molecule has 1 aromatic carbocycles. The van der Waals surface area contributed by atoms with Crippen LogP contribution in [-0.4, -0.2) is 23.5 Å². The predicted molar refractivity (Wildman–Crippen MR) is 52.3 cm³/mol. The van der Waals surface area contributed by atoms with E-state index in [-0.39, 0.29) is 0 Å². The van der Waals surface area contributed by atoms with E-state index in [0.29, 0.717) is 0 Å². The zero-order chi connectivity index (χ0) is 8.97. The highest BCUT2D eigenvalue weighted by Gasteiger charge is 1.95. The minimum Gasteiger partial charge on any atom is -0.325 e. The summed E-state index contributed by atoms with van der Waals surface area (Å²) in [6, 6.07) is 7.89. The first-order chi connectivity index (χ1) is 5.72. The van der Waals surface area contributed by atoms with Crippen LogP contribution in [0, 0.1) is 0 Å². The molecule has 0 aliphatic heterocycles. The average Bonchev–Trinajstić information content (AvgIpc) is 2.05. The lowest BCUT2D eigenvalue weighted by Gasteiger charge is -2.09. The van der Waals surface area contributed by atoms with Crippen LogP contribution in [0.25, 0.3) is 0 Å². The fourth-order valence-electron chi connectivity index (χ4n) is 1.02. The van der Waals surface area contributed by atoms with Gasteiger partial charge in [0.05, 0.1) is 0 Å². The van der Waals surface area contributed by atoms with Crippen molar-refractivity contribution >= 4 is 12.0 Å². The first-order valence-electron chi connectivity index (χ1n) is 3.77. The summed E-state index contributed by atoms with van der Waals surface area (Å²) in [4.78, 5) is 3.00. The van der Waals surface area contributed by atoms with E-state index in [1.807, 2.05) is 38.4 Å². The lowest BCUT2D eigenvalue weighted by atomic mass is 10.2. The minimum atomic E-state index is 0.783. The van der Waals surface area contributed by atoms with Crippen molar-refractivity contribution in [3.63, 3.8) is 0 Å². The van der Waals surface area contributed by atoms with E-state index in [1.54, 1.807) is 0 Å². The van der Waals surface area contributed by atoms with Gasteiger partial charge in [0.25, 0.3) is 0 Å². The smallest absolute Gasteiger partial charge is 0.0351 e. The maximum Gasteiger partial charge on any atom is 0.0351 e. The molecule has 1 aromatic rings. The van der Waals surface area contributed by atoms with Gasteiger partial charge in [0, 0.05) is 23.5 Å². The molecule has 1 rings (SSSR count). The van der Waals surface area contributed by atoms with E-state index in [4.69, 9.17) is 4.55 Å². The molecule has 0 atom stereocenters. The van der Waals surface area contributed by atoms with Crippen molar-refractivity contribution in [2.75, 3.05) is 14.1 Å². The standard InChI is InChI=1S/C9H13NOS/c1-10(2)7-8-3-5-9(12-11)6-4-8/h3-6,11H,7H2,1-2H3. The number of rotatable bonds is 3. The molecular weight excluding hydrogens is 170 g/mol. The van der Waals surface area contributed by atoms with Crippen molar-refractivity contribution in [3.8, 4) is 0 Å². The Labute approximate surface area is 77.4 Å². The van der Waals surface area contributed by atoms with Gasteiger partial charge in [-0.3, -0.25) is 0 Å². The van der Waals surface area contributed by atoms with Crippen LogP contribution in [-0.2, 0) is 6.54 Å². The summed E-state index contributed by atoms with van der Waals surface area (Å²) < 4.78 is 8.72. The van der Waals surface area contributed by atoms with E-state index >= 15 is 0 Å². The summed E-state index contributed by atoms with van der Waals surface area (Å²) in [6.45, 7) is 0.941. The Morgan fingerprint density at radius 2 is 1.83 bits per heavy atom. The maximum atomic E-state index is 8.72. The van der Waals surface area contributed by atoms with Gasteiger partial charge in [-0.05, 0) is 31.8 Å². The summed E-state index contributed by atoms with van der Waals surface area (Å²) in [5.74, 6) is 0. The Morgan fingerprint density at radius 3 is 2.25 bits per heavy atom.